The van der Waals surface area contributed by atoms with Gasteiger partial charge in [-0.3, -0.25) is 9.89 Å². The second kappa shape index (κ2) is 4.78. The van der Waals surface area contributed by atoms with Crippen LogP contribution < -0.4 is 10.3 Å². The molecule has 1 N–H and O–H groups in total. The van der Waals surface area contributed by atoms with E-state index in [0.717, 1.165) is 5.56 Å². The number of benzene rings is 1. The molecule has 1 heterocycles. The van der Waals surface area contributed by atoms with Gasteiger partial charge in [-0.05, 0) is 17.7 Å². The molecule has 1 aromatic heterocycles. The van der Waals surface area contributed by atoms with E-state index in [0.29, 0.717) is 12.4 Å². The van der Waals surface area contributed by atoms with Crippen LogP contribution in [0.4, 0.5) is 10.2 Å². The quantitative estimate of drug-likeness (QED) is 0.875. The SMILES string of the molecule is CN(Cc1ccc(F)cc1)c1cc(=O)cn[nH]1. The Morgan fingerprint density at radius 2 is 2.06 bits per heavy atom. The number of nitrogens with one attached hydrogen (secondary N) is 1. The van der Waals surface area contributed by atoms with Crippen LogP contribution in [0.15, 0.2) is 41.3 Å². The highest BCUT2D eigenvalue weighted by atomic mass is 19.1. The summed E-state index contributed by atoms with van der Waals surface area (Å²) in [7, 11) is 1.83. The van der Waals surface area contributed by atoms with E-state index in [1.54, 1.807) is 12.1 Å². The first-order chi connectivity index (χ1) is 8.15. The number of hydrogen-bond acceptors (Lipinski definition) is 3. The number of aromatic nitrogens is 2. The number of anilines is 1. The number of rotatable bonds is 3. The van der Waals surface area contributed by atoms with E-state index in [9.17, 15) is 9.18 Å². The molecule has 0 spiro atoms. The molecule has 1 aromatic carbocycles. The molecule has 0 unspecified atom stereocenters. The van der Waals surface area contributed by atoms with Gasteiger partial charge in [-0.15, -0.1) is 0 Å². The third-order valence-electron chi connectivity index (χ3n) is 2.39. The predicted octanol–water partition coefficient (Wildman–Crippen LogP) is 1.55. The van der Waals surface area contributed by atoms with Crippen LogP contribution in [0.3, 0.4) is 0 Å². The van der Waals surface area contributed by atoms with E-state index in [1.807, 2.05) is 11.9 Å². The number of nitrogens with zero attached hydrogens (tertiary/aromatic N) is 2. The number of aromatic amines is 1. The molecule has 0 atom stereocenters. The summed E-state index contributed by atoms with van der Waals surface area (Å²) in [5.41, 5.74) is 0.809. The summed E-state index contributed by atoms with van der Waals surface area (Å²) in [6.07, 6.45) is 1.22. The average Bonchev–Trinajstić information content (AvgIpc) is 2.32. The van der Waals surface area contributed by atoms with Crippen molar-refractivity contribution in [1.29, 1.82) is 0 Å². The topological polar surface area (TPSA) is 49.0 Å². The van der Waals surface area contributed by atoms with Crippen molar-refractivity contribution in [1.82, 2.24) is 10.2 Å². The zero-order chi connectivity index (χ0) is 12.3. The molecule has 0 aliphatic heterocycles. The summed E-state index contributed by atoms with van der Waals surface area (Å²) >= 11 is 0. The molecule has 5 heteroatoms. The van der Waals surface area contributed by atoms with E-state index in [4.69, 9.17) is 0 Å². The standard InChI is InChI=1S/C12H12FN3O/c1-16(12-6-11(17)7-14-15-12)8-9-2-4-10(13)5-3-9/h2-7H,8H2,1H3,(H,15,17). The first-order valence-corrected chi connectivity index (χ1v) is 5.15. The zero-order valence-electron chi connectivity index (χ0n) is 9.35. The summed E-state index contributed by atoms with van der Waals surface area (Å²) in [5.74, 6) is 0.369. The fourth-order valence-corrected chi connectivity index (χ4v) is 1.51. The smallest absolute Gasteiger partial charge is 0.202 e. The molecule has 17 heavy (non-hydrogen) atoms. The van der Waals surface area contributed by atoms with Crippen LogP contribution in [0.5, 0.6) is 0 Å². The van der Waals surface area contributed by atoms with Gasteiger partial charge in [0.15, 0.2) is 0 Å². The molecule has 88 valence electrons. The Labute approximate surface area is 97.7 Å². The second-order valence-corrected chi connectivity index (χ2v) is 3.78. The van der Waals surface area contributed by atoms with E-state index < -0.39 is 0 Å². The molecule has 0 aliphatic rings. The highest BCUT2D eigenvalue weighted by Crippen LogP contribution is 2.10. The van der Waals surface area contributed by atoms with E-state index in [2.05, 4.69) is 10.2 Å². The summed E-state index contributed by atoms with van der Waals surface area (Å²) < 4.78 is 12.7. The first kappa shape index (κ1) is 11.3. The van der Waals surface area contributed by atoms with Crippen LogP contribution in [0, 0.1) is 5.82 Å². The summed E-state index contributed by atoms with van der Waals surface area (Å²) in [6.45, 7) is 0.571. The van der Waals surface area contributed by atoms with Crippen molar-refractivity contribution in [2.24, 2.45) is 0 Å². The van der Waals surface area contributed by atoms with Crippen molar-refractivity contribution < 1.29 is 4.39 Å². The zero-order valence-corrected chi connectivity index (χ0v) is 9.35. The molecule has 0 fully saturated rings. The normalized spacial score (nSPS) is 10.2. The Bertz CT molecular complexity index is 550. The molecular weight excluding hydrogens is 221 g/mol. The van der Waals surface area contributed by atoms with Crippen molar-refractivity contribution in [2.45, 2.75) is 6.54 Å². The van der Waals surface area contributed by atoms with E-state index in [1.165, 1.54) is 24.4 Å². The van der Waals surface area contributed by atoms with Crippen LogP contribution in [0.25, 0.3) is 0 Å². The van der Waals surface area contributed by atoms with Crippen LogP contribution in [0.1, 0.15) is 5.56 Å². The fourth-order valence-electron chi connectivity index (χ4n) is 1.51. The van der Waals surface area contributed by atoms with Gasteiger partial charge in [-0.2, -0.15) is 5.10 Å². The molecule has 2 aromatic rings. The molecule has 0 saturated heterocycles. The Kier molecular flexibility index (Phi) is 3.18. The molecule has 0 amide bonds. The van der Waals surface area contributed by atoms with Gasteiger partial charge in [0.2, 0.25) is 5.43 Å². The van der Waals surface area contributed by atoms with Crippen LogP contribution in [-0.4, -0.2) is 17.2 Å². The van der Waals surface area contributed by atoms with Gasteiger partial charge in [-0.1, -0.05) is 12.1 Å². The highest BCUT2D eigenvalue weighted by molar-refractivity contribution is 5.36. The van der Waals surface area contributed by atoms with E-state index >= 15 is 0 Å². The van der Waals surface area contributed by atoms with Gasteiger partial charge in [0, 0.05) is 19.7 Å². The van der Waals surface area contributed by atoms with Crippen molar-refractivity contribution in [3.05, 3.63) is 58.1 Å². The number of halogens is 1. The minimum atomic E-state index is -0.258. The summed E-state index contributed by atoms with van der Waals surface area (Å²) in [6, 6.07) is 7.71. The maximum Gasteiger partial charge on any atom is 0.202 e. The lowest BCUT2D eigenvalue weighted by Crippen LogP contribution is -2.20. The first-order valence-electron chi connectivity index (χ1n) is 5.15. The van der Waals surface area contributed by atoms with Crippen LogP contribution in [0.2, 0.25) is 0 Å². The van der Waals surface area contributed by atoms with Gasteiger partial charge in [0.1, 0.15) is 11.6 Å². The average molecular weight is 233 g/mol. The Morgan fingerprint density at radius 3 is 2.71 bits per heavy atom. The highest BCUT2D eigenvalue weighted by Gasteiger charge is 2.03. The Morgan fingerprint density at radius 1 is 1.35 bits per heavy atom. The lowest BCUT2D eigenvalue weighted by atomic mass is 10.2. The summed E-state index contributed by atoms with van der Waals surface area (Å²) in [4.78, 5) is 13.0. The lowest BCUT2D eigenvalue weighted by Gasteiger charge is -2.17. The third kappa shape index (κ3) is 2.90. The van der Waals surface area contributed by atoms with Crippen LogP contribution in [-0.2, 0) is 6.54 Å². The largest absolute Gasteiger partial charge is 0.356 e. The minimum absolute atomic E-state index is 0.148. The number of hydrogen-bond donors (Lipinski definition) is 1. The molecule has 0 saturated carbocycles. The van der Waals surface area contributed by atoms with Gasteiger partial charge in [-0.25, -0.2) is 4.39 Å². The molecule has 0 aliphatic carbocycles. The van der Waals surface area contributed by atoms with Crippen molar-refractivity contribution in [3.8, 4) is 0 Å². The lowest BCUT2D eigenvalue weighted by molar-refractivity contribution is 0.627. The van der Waals surface area contributed by atoms with Gasteiger partial charge in [0.25, 0.3) is 0 Å². The molecular formula is C12H12FN3O. The van der Waals surface area contributed by atoms with Crippen molar-refractivity contribution in [2.75, 3.05) is 11.9 Å². The van der Waals surface area contributed by atoms with Gasteiger partial charge >= 0.3 is 0 Å². The third-order valence-corrected chi connectivity index (χ3v) is 2.39. The second-order valence-electron chi connectivity index (χ2n) is 3.78. The predicted molar refractivity (Wildman–Crippen MR) is 63.4 cm³/mol. The number of H-pyrrole nitrogens is 1. The van der Waals surface area contributed by atoms with Crippen molar-refractivity contribution in [3.63, 3.8) is 0 Å². The van der Waals surface area contributed by atoms with E-state index in [-0.39, 0.29) is 11.2 Å². The maximum absolute atomic E-state index is 12.7. The van der Waals surface area contributed by atoms with Crippen LogP contribution >= 0.6 is 0 Å². The van der Waals surface area contributed by atoms with Gasteiger partial charge in [0.05, 0.1) is 6.20 Å². The summed E-state index contributed by atoms with van der Waals surface area (Å²) in [5, 5.41) is 6.46. The van der Waals surface area contributed by atoms with Gasteiger partial charge < -0.3 is 4.90 Å². The Hall–Kier alpha value is -2.17. The molecule has 2 rings (SSSR count). The Balaban J connectivity index is 2.14. The molecule has 4 nitrogen and oxygen atoms in total. The fraction of sp³-hybridized carbons (Fsp3) is 0.167. The minimum Gasteiger partial charge on any atom is -0.356 e. The monoisotopic (exact) mass is 233 g/mol. The van der Waals surface area contributed by atoms with Crippen molar-refractivity contribution >= 4 is 5.82 Å². The molecule has 0 bridgehead atoms. The maximum atomic E-state index is 12.7. The molecule has 0 radical (unpaired) electrons.